The standard InChI is InChI=1S/C13H12BrNO2S/c1-8-2-3-9(14)6-11(8)15-7-10-4-5-12(18-10)13(16)17/h2-6,15H,7H2,1H3,(H,16,17). The van der Waals surface area contributed by atoms with Gasteiger partial charge in [0, 0.05) is 21.6 Å². The van der Waals surface area contributed by atoms with Gasteiger partial charge in [-0.15, -0.1) is 11.3 Å². The van der Waals surface area contributed by atoms with Gasteiger partial charge in [-0.1, -0.05) is 22.0 Å². The van der Waals surface area contributed by atoms with Gasteiger partial charge in [-0.3, -0.25) is 0 Å². The van der Waals surface area contributed by atoms with E-state index >= 15 is 0 Å². The molecular formula is C13H12BrNO2S. The molecule has 0 saturated heterocycles. The van der Waals surface area contributed by atoms with Crippen molar-refractivity contribution in [3.05, 3.63) is 50.1 Å². The van der Waals surface area contributed by atoms with E-state index in [2.05, 4.69) is 21.2 Å². The lowest BCUT2D eigenvalue weighted by molar-refractivity contribution is 0.0702. The Morgan fingerprint density at radius 1 is 1.39 bits per heavy atom. The van der Waals surface area contributed by atoms with Crippen molar-refractivity contribution in [1.29, 1.82) is 0 Å². The molecule has 0 fully saturated rings. The highest BCUT2D eigenvalue weighted by Gasteiger charge is 2.07. The Balaban J connectivity index is 2.06. The first kappa shape index (κ1) is 13.1. The average molecular weight is 326 g/mol. The highest BCUT2D eigenvalue weighted by Crippen LogP contribution is 2.23. The molecule has 1 heterocycles. The van der Waals surface area contributed by atoms with Gasteiger partial charge in [0.2, 0.25) is 0 Å². The number of hydrogen-bond acceptors (Lipinski definition) is 3. The number of rotatable bonds is 4. The molecule has 3 nitrogen and oxygen atoms in total. The first-order chi connectivity index (χ1) is 8.56. The molecule has 2 N–H and O–H groups in total. The third-order valence-electron chi connectivity index (χ3n) is 2.53. The predicted octanol–water partition coefficient (Wildman–Crippen LogP) is 4.13. The molecule has 0 bridgehead atoms. The maximum Gasteiger partial charge on any atom is 0.345 e. The average Bonchev–Trinajstić information content (AvgIpc) is 2.79. The fraction of sp³-hybridized carbons (Fsp3) is 0.154. The summed E-state index contributed by atoms with van der Waals surface area (Å²) in [5, 5.41) is 12.2. The summed E-state index contributed by atoms with van der Waals surface area (Å²) in [7, 11) is 0. The minimum absolute atomic E-state index is 0.373. The number of thiophene rings is 1. The van der Waals surface area contributed by atoms with Crippen molar-refractivity contribution in [2.75, 3.05) is 5.32 Å². The Hall–Kier alpha value is -1.33. The molecule has 2 aromatic rings. The maximum absolute atomic E-state index is 10.8. The molecule has 0 atom stereocenters. The molecule has 2 rings (SSSR count). The minimum atomic E-state index is -0.870. The van der Waals surface area contributed by atoms with Crippen LogP contribution in [-0.4, -0.2) is 11.1 Å². The molecule has 94 valence electrons. The summed E-state index contributed by atoms with van der Waals surface area (Å²) in [6.07, 6.45) is 0. The van der Waals surface area contributed by atoms with Crippen LogP contribution in [-0.2, 0) is 6.54 Å². The number of carboxylic acids is 1. The van der Waals surface area contributed by atoms with E-state index in [0.717, 1.165) is 20.6 Å². The van der Waals surface area contributed by atoms with Gasteiger partial charge in [-0.05, 0) is 36.8 Å². The van der Waals surface area contributed by atoms with E-state index in [9.17, 15) is 4.79 Å². The van der Waals surface area contributed by atoms with Crippen LogP contribution in [0.15, 0.2) is 34.8 Å². The third-order valence-corrected chi connectivity index (χ3v) is 4.09. The second kappa shape index (κ2) is 5.54. The van der Waals surface area contributed by atoms with Crippen molar-refractivity contribution in [3.8, 4) is 0 Å². The lowest BCUT2D eigenvalue weighted by Crippen LogP contribution is -1.99. The van der Waals surface area contributed by atoms with E-state index in [1.54, 1.807) is 6.07 Å². The van der Waals surface area contributed by atoms with Gasteiger partial charge < -0.3 is 10.4 Å². The van der Waals surface area contributed by atoms with Gasteiger partial charge in [-0.2, -0.15) is 0 Å². The molecule has 0 amide bonds. The predicted molar refractivity (Wildman–Crippen MR) is 77.5 cm³/mol. The highest BCUT2D eigenvalue weighted by molar-refractivity contribution is 9.10. The van der Waals surface area contributed by atoms with Crippen LogP contribution >= 0.6 is 27.3 Å². The molecule has 0 spiro atoms. The molecule has 18 heavy (non-hydrogen) atoms. The quantitative estimate of drug-likeness (QED) is 0.888. The number of halogens is 1. The van der Waals surface area contributed by atoms with Crippen LogP contribution < -0.4 is 5.32 Å². The van der Waals surface area contributed by atoms with E-state index in [1.807, 2.05) is 31.2 Å². The van der Waals surface area contributed by atoms with E-state index in [4.69, 9.17) is 5.11 Å². The summed E-state index contributed by atoms with van der Waals surface area (Å²) in [6, 6.07) is 9.52. The van der Waals surface area contributed by atoms with Crippen molar-refractivity contribution in [1.82, 2.24) is 0 Å². The summed E-state index contributed by atoms with van der Waals surface area (Å²) < 4.78 is 1.02. The van der Waals surface area contributed by atoms with E-state index in [0.29, 0.717) is 11.4 Å². The lowest BCUT2D eigenvalue weighted by Gasteiger charge is -2.08. The summed E-state index contributed by atoms with van der Waals surface area (Å²) in [6.45, 7) is 2.67. The Labute approximate surface area is 118 Å². The van der Waals surface area contributed by atoms with Crippen molar-refractivity contribution in [3.63, 3.8) is 0 Å². The number of carboxylic acid groups (broad SMARTS) is 1. The molecule has 0 unspecified atom stereocenters. The van der Waals surface area contributed by atoms with Crippen LogP contribution in [0.4, 0.5) is 5.69 Å². The summed E-state index contributed by atoms with van der Waals surface area (Å²) >= 11 is 4.73. The Kier molecular flexibility index (Phi) is 4.04. The van der Waals surface area contributed by atoms with Crippen LogP contribution in [0.1, 0.15) is 20.1 Å². The van der Waals surface area contributed by atoms with E-state index in [-0.39, 0.29) is 0 Å². The zero-order valence-electron chi connectivity index (χ0n) is 9.74. The van der Waals surface area contributed by atoms with Gasteiger partial charge in [-0.25, -0.2) is 4.79 Å². The smallest absolute Gasteiger partial charge is 0.345 e. The van der Waals surface area contributed by atoms with Crippen molar-refractivity contribution >= 4 is 38.9 Å². The van der Waals surface area contributed by atoms with Crippen LogP contribution in [0.5, 0.6) is 0 Å². The van der Waals surface area contributed by atoms with Crippen LogP contribution in [0.25, 0.3) is 0 Å². The van der Waals surface area contributed by atoms with Crippen molar-refractivity contribution < 1.29 is 9.90 Å². The molecule has 0 radical (unpaired) electrons. The Morgan fingerprint density at radius 3 is 2.83 bits per heavy atom. The zero-order chi connectivity index (χ0) is 13.1. The lowest BCUT2D eigenvalue weighted by atomic mass is 10.2. The SMILES string of the molecule is Cc1ccc(Br)cc1NCc1ccc(C(=O)O)s1. The fourth-order valence-corrected chi connectivity index (χ4v) is 2.70. The third kappa shape index (κ3) is 3.11. The Bertz CT molecular complexity index is 580. The monoisotopic (exact) mass is 325 g/mol. The van der Waals surface area contributed by atoms with Crippen LogP contribution in [0, 0.1) is 6.92 Å². The summed E-state index contributed by atoms with van der Waals surface area (Å²) in [4.78, 5) is 12.2. The molecule has 0 saturated carbocycles. The van der Waals surface area contributed by atoms with Crippen molar-refractivity contribution in [2.24, 2.45) is 0 Å². The molecule has 0 aliphatic carbocycles. The molecule has 0 aliphatic rings. The van der Waals surface area contributed by atoms with Gasteiger partial charge in [0.25, 0.3) is 0 Å². The zero-order valence-corrected chi connectivity index (χ0v) is 12.1. The summed E-state index contributed by atoms with van der Waals surface area (Å²) in [5.74, 6) is -0.870. The normalized spacial score (nSPS) is 10.3. The number of nitrogens with one attached hydrogen (secondary N) is 1. The topological polar surface area (TPSA) is 49.3 Å². The number of anilines is 1. The minimum Gasteiger partial charge on any atom is -0.477 e. The first-order valence-electron chi connectivity index (χ1n) is 5.38. The van der Waals surface area contributed by atoms with Crippen molar-refractivity contribution in [2.45, 2.75) is 13.5 Å². The second-order valence-corrected chi connectivity index (χ2v) is 5.97. The van der Waals surface area contributed by atoms with Gasteiger partial charge in [0.1, 0.15) is 4.88 Å². The molecule has 1 aromatic carbocycles. The fourth-order valence-electron chi connectivity index (χ4n) is 1.55. The largest absolute Gasteiger partial charge is 0.477 e. The number of benzene rings is 1. The molecule has 1 aromatic heterocycles. The second-order valence-electron chi connectivity index (χ2n) is 3.88. The van der Waals surface area contributed by atoms with Gasteiger partial charge in [0.05, 0.1) is 0 Å². The highest BCUT2D eigenvalue weighted by atomic mass is 79.9. The first-order valence-corrected chi connectivity index (χ1v) is 6.99. The number of aryl methyl sites for hydroxylation is 1. The van der Waals surface area contributed by atoms with Crippen LogP contribution in [0.3, 0.4) is 0 Å². The van der Waals surface area contributed by atoms with E-state index in [1.165, 1.54) is 11.3 Å². The van der Waals surface area contributed by atoms with E-state index < -0.39 is 5.97 Å². The summed E-state index contributed by atoms with van der Waals surface area (Å²) in [5.41, 5.74) is 2.21. The number of carbonyl (C=O) groups is 1. The van der Waals surface area contributed by atoms with Gasteiger partial charge in [0.15, 0.2) is 0 Å². The molecular weight excluding hydrogens is 314 g/mol. The Morgan fingerprint density at radius 2 is 2.17 bits per heavy atom. The molecule has 5 heteroatoms. The maximum atomic E-state index is 10.8. The number of hydrogen-bond donors (Lipinski definition) is 2. The van der Waals surface area contributed by atoms with Gasteiger partial charge >= 0.3 is 5.97 Å². The van der Waals surface area contributed by atoms with Crippen LogP contribution in [0.2, 0.25) is 0 Å². The number of aromatic carboxylic acids is 1. The molecule has 0 aliphatic heterocycles.